The van der Waals surface area contributed by atoms with Gasteiger partial charge in [0, 0.05) is 48.1 Å². The largest absolute Gasteiger partial charge is 0.497 e. The molecule has 0 atom stereocenters. The van der Waals surface area contributed by atoms with E-state index in [1.165, 1.54) is 4.57 Å². The molecule has 2 heterocycles. The molecule has 0 saturated carbocycles. The van der Waals surface area contributed by atoms with Crippen molar-refractivity contribution >= 4 is 45.9 Å². The number of anilines is 2. The Balaban J connectivity index is 1.79. The van der Waals surface area contributed by atoms with Crippen molar-refractivity contribution < 1.29 is 9.47 Å². The van der Waals surface area contributed by atoms with Crippen LogP contribution in [-0.2, 0) is 7.05 Å². The van der Waals surface area contributed by atoms with Gasteiger partial charge in [-0.3, -0.25) is 9.36 Å². The second kappa shape index (κ2) is 8.45. The molecule has 31 heavy (non-hydrogen) atoms. The summed E-state index contributed by atoms with van der Waals surface area (Å²) in [4.78, 5) is 21.9. The highest BCUT2D eigenvalue weighted by Crippen LogP contribution is 2.34. The van der Waals surface area contributed by atoms with Crippen LogP contribution >= 0.6 is 23.2 Å². The summed E-state index contributed by atoms with van der Waals surface area (Å²) in [7, 11) is 4.79. The van der Waals surface area contributed by atoms with Gasteiger partial charge in [-0.1, -0.05) is 29.3 Å². The van der Waals surface area contributed by atoms with Crippen LogP contribution in [0, 0.1) is 0 Å². The van der Waals surface area contributed by atoms with Gasteiger partial charge in [-0.2, -0.15) is 4.98 Å². The Bertz CT molecular complexity index is 1310. The highest BCUT2D eigenvalue weighted by atomic mass is 35.5. The number of benzene rings is 2. The third-order valence-electron chi connectivity index (χ3n) is 4.79. The molecule has 4 aromatic rings. The molecule has 0 fully saturated rings. The molecule has 1 N–H and O–H groups in total. The maximum absolute atomic E-state index is 13.1. The molecule has 0 radical (unpaired) electrons. The summed E-state index contributed by atoms with van der Waals surface area (Å²) in [6.45, 7) is 0. The number of aryl methyl sites for hydroxylation is 1. The monoisotopic (exact) mass is 456 g/mol. The van der Waals surface area contributed by atoms with Crippen molar-refractivity contribution in [1.29, 1.82) is 0 Å². The lowest BCUT2D eigenvalue weighted by molar-refractivity contribution is 0.395. The van der Waals surface area contributed by atoms with Gasteiger partial charge in [-0.25, -0.2) is 4.98 Å². The van der Waals surface area contributed by atoms with Crippen molar-refractivity contribution in [3.05, 3.63) is 69.1 Å². The summed E-state index contributed by atoms with van der Waals surface area (Å²) >= 11 is 12.6. The summed E-state index contributed by atoms with van der Waals surface area (Å²) in [5.74, 6) is 1.56. The Morgan fingerprint density at radius 2 is 1.65 bits per heavy atom. The maximum atomic E-state index is 13.1. The average Bonchev–Trinajstić information content (AvgIpc) is 2.77. The van der Waals surface area contributed by atoms with E-state index in [1.54, 1.807) is 69.9 Å². The van der Waals surface area contributed by atoms with Crippen molar-refractivity contribution in [2.45, 2.75) is 0 Å². The van der Waals surface area contributed by atoms with E-state index >= 15 is 0 Å². The Morgan fingerprint density at radius 3 is 2.26 bits per heavy atom. The minimum atomic E-state index is -0.268. The van der Waals surface area contributed by atoms with Gasteiger partial charge < -0.3 is 14.8 Å². The molecule has 0 aliphatic rings. The number of rotatable bonds is 5. The second-order valence-corrected chi connectivity index (χ2v) is 7.53. The van der Waals surface area contributed by atoms with Crippen LogP contribution in [0.1, 0.15) is 0 Å². The van der Waals surface area contributed by atoms with Crippen molar-refractivity contribution in [3.8, 4) is 22.6 Å². The van der Waals surface area contributed by atoms with Gasteiger partial charge in [0.1, 0.15) is 17.1 Å². The van der Waals surface area contributed by atoms with Crippen molar-refractivity contribution in [2.75, 3.05) is 19.5 Å². The molecule has 4 rings (SSSR count). The van der Waals surface area contributed by atoms with Crippen LogP contribution in [-0.4, -0.2) is 28.8 Å². The minimum absolute atomic E-state index is 0.268. The standard InChI is InChI=1S/C22H18Cl2N4O3/c1-28-20-12(7-16(21(28)29)19-17(23)5-4-6-18(19)24)11-25-22(27-20)26-13-8-14(30-2)10-15(9-13)31-3/h4-11H,1-3H3,(H,25,26,27). The molecule has 0 amide bonds. The Hall–Kier alpha value is -3.29. The SMILES string of the molecule is COc1cc(Nc2ncc3cc(-c4c(Cl)cccc4Cl)c(=O)n(C)c3n2)cc(OC)c1. The molecule has 0 spiro atoms. The van der Waals surface area contributed by atoms with Gasteiger partial charge in [0.15, 0.2) is 0 Å². The molecule has 0 aliphatic heterocycles. The number of nitrogens with one attached hydrogen (secondary N) is 1. The van der Waals surface area contributed by atoms with E-state index in [-0.39, 0.29) is 5.56 Å². The van der Waals surface area contributed by atoms with Crippen molar-refractivity contribution in [3.63, 3.8) is 0 Å². The third kappa shape index (κ3) is 4.02. The van der Waals surface area contributed by atoms with Gasteiger partial charge in [0.25, 0.3) is 5.56 Å². The van der Waals surface area contributed by atoms with Crippen LogP contribution < -0.4 is 20.3 Å². The fourth-order valence-corrected chi connectivity index (χ4v) is 3.85. The smallest absolute Gasteiger partial charge is 0.259 e. The van der Waals surface area contributed by atoms with Crippen molar-refractivity contribution in [2.24, 2.45) is 7.05 Å². The molecule has 158 valence electrons. The number of hydrogen-bond donors (Lipinski definition) is 1. The summed E-state index contributed by atoms with van der Waals surface area (Å²) in [6.07, 6.45) is 1.63. The zero-order valence-electron chi connectivity index (χ0n) is 16.9. The zero-order chi connectivity index (χ0) is 22.1. The summed E-state index contributed by atoms with van der Waals surface area (Å²) in [5, 5.41) is 4.58. The maximum Gasteiger partial charge on any atom is 0.259 e. The van der Waals surface area contributed by atoms with E-state index in [2.05, 4.69) is 15.3 Å². The number of nitrogens with zero attached hydrogens (tertiary/aromatic N) is 3. The summed E-state index contributed by atoms with van der Waals surface area (Å²) < 4.78 is 12.0. The number of methoxy groups -OCH3 is 2. The van der Waals surface area contributed by atoms with Gasteiger partial charge in [0.2, 0.25) is 5.95 Å². The van der Waals surface area contributed by atoms with Crippen LogP contribution in [0.5, 0.6) is 11.5 Å². The van der Waals surface area contributed by atoms with Gasteiger partial charge >= 0.3 is 0 Å². The molecule has 0 bridgehead atoms. The molecular formula is C22H18Cl2N4O3. The quantitative estimate of drug-likeness (QED) is 0.451. The number of pyridine rings is 1. The Morgan fingerprint density at radius 1 is 1.00 bits per heavy atom. The predicted octanol–water partition coefficient (Wildman–Crippen LogP) is 5.06. The third-order valence-corrected chi connectivity index (χ3v) is 5.42. The minimum Gasteiger partial charge on any atom is -0.497 e. The van der Waals surface area contributed by atoms with Crippen molar-refractivity contribution in [1.82, 2.24) is 14.5 Å². The van der Waals surface area contributed by atoms with Crippen LogP contribution in [0.3, 0.4) is 0 Å². The summed E-state index contributed by atoms with van der Waals surface area (Å²) in [6, 6.07) is 12.2. The summed E-state index contributed by atoms with van der Waals surface area (Å²) in [5.41, 5.74) is 1.74. The topological polar surface area (TPSA) is 78.3 Å². The lowest BCUT2D eigenvalue weighted by Crippen LogP contribution is -2.20. The fraction of sp³-hybridized carbons (Fsp3) is 0.136. The molecule has 0 aliphatic carbocycles. The van der Waals surface area contributed by atoms with E-state index in [1.807, 2.05) is 0 Å². The van der Waals surface area contributed by atoms with Gasteiger partial charge in [0.05, 0.1) is 29.8 Å². The highest BCUT2D eigenvalue weighted by molar-refractivity contribution is 6.39. The molecule has 9 heteroatoms. The normalized spacial score (nSPS) is 10.9. The van der Waals surface area contributed by atoms with Crippen LogP contribution in [0.15, 0.2) is 53.5 Å². The van der Waals surface area contributed by atoms with E-state index in [0.717, 1.165) is 0 Å². The lowest BCUT2D eigenvalue weighted by atomic mass is 10.1. The fourth-order valence-electron chi connectivity index (χ4n) is 3.25. The van der Waals surface area contributed by atoms with Crippen LogP contribution in [0.25, 0.3) is 22.2 Å². The first-order valence-electron chi connectivity index (χ1n) is 9.22. The van der Waals surface area contributed by atoms with Gasteiger partial charge in [-0.05, 0) is 18.2 Å². The molecule has 7 nitrogen and oxygen atoms in total. The number of hydrogen-bond acceptors (Lipinski definition) is 6. The van der Waals surface area contributed by atoms with Crippen LogP contribution in [0.2, 0.25) is 10.0 Å². The molecular weight excluding hydrogens is 439 g/mol. The number of aromatic nitrogens is 3. The molecule has 0 unspecified atom stereocenters. The first-order chi connectivity index (χ1) is 14.9. The first-order valence-corrected chi connectivity index (χ1v) is 9.98. The number of fused-ring (bicyclic) bond motifs is 1. The van der Waals surface area contributed by atoms with E-state index in [0.29, 0.717) is 55.3 Å². The Kier molecular flexibility index (Phi) is 5.71. The first kappa shape index (κ1) is 21.0. The lowest BCUT2D eigenvalue weighted by Gasteiger charge is -2.13. The molecule has 2 aromatic carbocycles. The number of ether oxygens (including phenoxy) is 2. The van der Waals surface area contributed by atoms with E-state index in [4.69, 9.17) is 32.7 Å². The average molecular weight is 457 g/mol. The molecule has 2 aromatic heterocycles. The van der Waals surface area contributed by atoms with E-state index in [9.17, 15) is 4.79 Å². The van der Waals surface area contributed by atoms with E-state index < -0.39 is 0 Å². The van der Waals surface area contributed by atoms with Crippen LogP contribution in [0.4, 0.5) is 11.6 Å². The number of halogens is 2. The van der Waals surface area contributed by atoms with Gasteiger partial charge in [-0.15, -0.1) is 0 Å². The predicted molar refractivity (Wildman–Crippen MR) is 123 cm³/mol. The zero-order valence-corrected chi connectivity index (χ0v) is 18.5. The molecule has 0 saturated heterocycles. The second-order valence-electron chi connectivity index (χ2n) is 6.72. The highest BCUT2D eigenvalue weighted by Gasteiger charge is 2.16. The Labute approximate surface area is 188 Å².